The number of aromatic amines is 1. The smallest absolute Gasteiger partial charge is 0.322 e. The molecule has 5 rings (SSSR count). The average molecular weight is 391 g/mol. The summed E-state index contributed by atoms with van der Waals surface area (Å²) >= 11 is 0. The highest BCUT2D eigenvalue weighted by Crippen LogP contribution is 2.35. The second-order valence-corrected chi connectivity index (χ2v) is 6.99. The predicted octanol–water partition coefficient (Wildman–Crippen LogP) is 1.97. The number of carbonyl (C=O) groups is 2. The Labute approximate surface area is 164 Å². The lowest BCUT2D eigenvalue weighted by atomic mass is 9.95. The van der Waals surface area contributed by atoms with Gasteiger partial charge in [-0.25, -0.2) is 4.79 Å². The van der Waals surface area contributed by atoms with Gasteiger partial charge in [0.15, 0.2) is 11.4 Å². The van der Waals surface area contributed by atoms with Gasteiger partial charge >= 0.3 is 6.03 Å². The molecule has 3 amide bonds. The Kier molecular flexibility index (Phi) is 3.54. The normalized spacial score (nSPS) is 18.9. The van der Waals surface area contributed by atoms with Gasteiger partial charge in [-0.2, -0.15) is 0 Å². The van der Waals surface area contributed by atoms with Gasteiger partial charge < -0.3 is 24.7 Å². The molecule has 9 nitrogen and oxygen atoms in total. The first-order valence-electron chi connectivity index (χ1n) is 8.93. The van der Waals surface area contributed by atoms with Crippen LogP contribution in [0.4, 0.5) is 4.79 Å². The van der Waals surface area contributed by atoms with E-state index in [1.165, 1.54) is 0 Å². The number of aromatic nitrogens is 3. The van der Waals surface area contributed by atoms with Crippen molar-refractivity contribution < 1.29 is 19.4 Å². The van der Waals surface area contributed by atoms with Gasteiger partial charge in [0.25, 0.3) is 5.91 Å². The fraction of sp³-hybridized carbons (Fsp3) is 0.150. The molecule has 0 aliphatic carbocycles. The van der Waals surface area contributed by atoms with Crippen molar-refractivity contribution in [2.75, 3.05) is 7.11 Å². The molecule has 0 bridgehead atoms. The molecule has 1 aromatic carbocycles. The van der Waals surface area contributed by atoms with Gasteiger partial charge in [0.05, 0.1) is 31.1 Å². The zero-order chi connectivity index (χ0) is 20.2. The number of hydrogen-bond donors (Lipinski definition) is 4. The zero-order valence-electron chi connectivity index (χ0n) is 15.4. The number of H-pyrrole nitrogens is 1. The SMILES string of the molecule is COc1ccc2cn(C[C@@]3(c4cc5ccncc5[nH]4)NC(=O)NC3=O)c(O)c2c1. The molecule has 0 spiro atoms. The Morgan fingerprint density at radius 1 is 1.21 bits per heavy atom. The number of benzene rings is 1. The predicted molar refractivity (Wildman–Crippen MR) is 105 cm³/mol. The number of urea groups is 1. The minimum Gasteiger partial charge on any atom is -0.497 e. The fourth-order valence-corrected chi connectivity index (χ4v) is 3.81. The third-order valence-corrected chi connectivity index (χ3v) is 5.30. The van der Waals surface area contributed by atoms with E-state index in [-0.39, 0.29) is 12.4 Å². The highest BCUT2D eigenvalue weighted by molar-refractivity contribution is 6.07. The largest absolute Gasteiger partial charge is 0.497 e. The van der Waals surface area contributed by atoms with Gasteiger partial charge in [-0.3, -0.25) is 15.1 Å². The number of hydrogen-bond acceptors (Lipinski definition) is 5. The minimum atomic E-state index is -1.41. The first-order chi connectivity index (χ1) is 14.0. The number of nitrogens with one attached hydrogen (secondary N) is 3. The summed E-state index contributed by atoms with van der Waals surface area (Å²) in [6.07, 6.45) is 5.03. The molecule has 1 saturated heterocycles. The molecule has 146 valence electrons. The average Bonchev–Trinajstić information content (AvgIpc) is 3.36. The van der Waals surface area contributed by atoms with E-state index >= 15 is 0 Å². The first-order valence-corrected chi connectivity index (χ1v) is 8.93. The summed E-state index contributed by atoms with van der Waals surface area (Å²) in [5, 5.41) is 18.0. The van der Waals surface area contributed by atoms with Crippen molar-refractivity contribution in [1.82, 2.24) is 25.2 Å². The molecular formula is C20H17N5O4. The molecule has 0 radical (unpaired) electrons. The number of carbonyl (C=O) groups excluding carboxylic acids is 2. The van der Waals surface area contributed by atoms with Crippen molar-refractivity contribution in [2.45, 2.75) is 12.1 Å². The molecule has 1 aliphatic heterocycles. The van der Waals surface area contributed by atoms with Crippen LogP contribution >= 0.6 is 0 Å². The second-order valence-electron chi connectivity index (χ2n) is 6.99. The number of amides is 3. The van der Waals surface area contributed by atoms with Crippen molar-refractivity contribution in [3.8, 4) is 11.6 Å². The maximum absolute atomic E-state index is 12.9. The number of nitrogens with zero attached hydrogens (tertiary/aromatic N) is 2. The van der Waals surface area contributed by atoms with E-state index in [0.717, 1.165) is 16.3 Å². The maximum atomic E-state index is 12.9. The maximum Gasteiger partial charge on any atom is 0.322 e. The number of rotatable bonds is 4. The van der Waals surface area contributed by atoms with Crippen molar-refractivity contribution in [3.63, 3.8) is 0 Å². The Balaban J connectivity index is 1.65. The Bertz CT molecular complexity index is 1260. The van der Waals surface area contributed by atoms with E-state index in [4.69, 9.17) is 4.74 Å². The highest BCUT2D eigenvalue weighted by Gasteiger charge is 2.49. The van der Waals surface area contributed by atoms with Crippen LogP contribution in [0.2, 0.25) is 0 Å². The zero-order valence-corrected chi connectivity index (χ0v) is 15.4. The molecule has 1 aliphatic rings. The standard InChI is InChI=1S/C20H17N5O4/c1-29-13-3-2-12-9-25(17(26)14(12)7-13)10-20(18(27)23-19(28)24-20)16-6-11-4-5-21-8-15(11)22-16/h2-9,22,26H,10H2,1H3,(H2,23,24,27,28)/t20-/m0/s1. The van der Waals surface area contributed by atoms with Gasteiger partial charge in [-0.05, 0) is 30.3 Å². The lowest BCUT2D eigenvalue weighted by molar-refractivity contribution is -0.124. The van der Waals surface area contributed by atoms with E-state index < -0.39 is 17.5 Å². The van der Waals surface area contributed by atoms with Crippen molar-refractivity contribution in [1.29, 1.82) is 0 Å². The molecule has 9 heteroatoms. The van der Waals surface area contributed by atoms with Crippen LogP contribution < -0.4 is 15.4 Å². The van der Waals surface area contributed by atoms with Crippen LogP contribution in [0.5, 0.6) is 11.6 Å². The quantitative estimate of drug-likeness (QED) is 0.396. The third kappa shape index (κ3) is 2.51. The van der Waals surface area contributed by atoms with Crippen LogP contribution in [0.3, 0.4) is 0 Å². The van der Waals surface area contributed by atoms with Crippen molar-refractivity contribution in [2.24, 2.45) is 0 Å². The van der Waals surface area contributed by atoms with Gasteiger partial charge in [-0.15, -0.1) is 0 Å². The fourth-order valence-electron chi connectivity index (χ4n) is 3.81. The van der Waals surface area contributed by atoms with Gasteiger partial charge in [0.2, 0.25) is 0 Å². The van der Waals surface area contributed by atoms with Crippen LogP contribution in [0, 0.1) is 0 Å². The molecule has 1 fully saturated rings. The molecule has 4 heterocycles. The first kappa shape index (κ1) is 17.1. The summed E-state index contributed by atoms with van der Waals surface area (Å²) in [6.45, 7) is -0.00630. The summed E-state index contributed by atoms with van der Waals surface area (Å²) in [6, 6.07) is 8.34. The number of pyridine rings is 1. The molecule has 4 N–H and O–H groups in total. The van der Waals surface area contributed by atoms with E-state index in [2.05, 4.69) is 20.6 Å². The van der Waals surface area contributed by atoms with Gasteiger partial charge in [0, 0.05) is 28.6 Å². The van der Waals surface area contributed by atoms with Crippen LogP contribution in [0.15, 0.2) is 48.9 Å². The molecule has 3 aromatic heterocycles. The Morgan fingerprint density at radius 2 is 2.07 bits per heavy atom. The van der Waals surface area contributed by atoms with Gasteiger partial charge in [-0.1, -0.05) is 0 Å². The summed E-state index contributed by atoms with van der Waals surface area (Å²) in [5.41, 5.74) is -0.173. The van der Waals surface area contributed by atoms with Crippen LogP contribution in [-0.4, -0.2) is 38.7 Å². The Morgan fingerprint density at radius 3 is 2.79 bits per heavy atom. The monoisotopic (exact) mass is 391 g/mol. The van der Waals surface area contributed by atoms with E-state index in [1.807, 2.05) is 12.1 Å². The van der Waals surface area contributed by atoms with Gasteiger partial charge in [0.1, 0.15) is 5.75 Å². The number of fused-ring (bicyclic) bond motifs is 2. The second kappa shape index (κ2) is 5.99. The molecule has 4 aromatic rings. The summed E-state index contributed by atoms with van der Waals surface area (Å²) in [4.78, 5) is 32.1. The number of ether oxygens (including phenoxy) is 1. The third-order valence-electron chi connectivity index (χ3n) is 5.30. The highest BCUT2D eigenvalue weighted by atomic mass is 16.5. The molecule has 0 unspecified atom stereocenters. The lowest BCUT2D eigenvalue weighted by Crippen LogP contribution is -2.47. The minimum absolute atomic E-state index is 0.00630. The number of imide groups is 1. The van der Waals surface area contributed by atoms with Crippen molar-refractivity contribution >= 4 is 33.6 Å². The van der Waals surface area contributed by atoms with Crippen LogP contribution in [0.25, 0.3) is 21.7 Å². The summed E-state index contributed by atoms with van der Waals surface area (Å²) in [5.74, 6) is 0.0806. The number of aromatic hydroxyl groups is 1. The molecule has 0 saturated carbocycles. The van der Waals surface area contributed by atoms with E-state index in [0.29, 0.717) is 16.8 Å². The summed E-state index contributed by atoms with van der Waals surface area (Å²) < 4.78 is 6.76. The Hall–Kier alpha value is -4.01. The number of methoxy groups -OCH3 is 1. The van der Waals surface area contributed by atoms with Crippen molar-refractivity contribution in [3.05, 3.63) is 54.6 Å². The van der Waals surface area contributed by atoms with Crippen LogP contribution in [0.1, 0.15) is 5.69 Å². The lowest BCUT2D eigenvalue weighted by Gasteiger charge is -2.25. The van der Waals surface area contributed by atoms with Crippen LogP contribution in [-0.2, 0) is 16.9 Å². The van der Waals surface area contributed by atoms with E-state index in [9.17, 15) is 14.7 Å². The molecule has 29 heavy (non-hydrogen) atoms. The molecular weight excluding hydrogens is 374 g/mol. The summed E-state index contributed by atoms with van der Waals surface area (Å²) in [7, 11) is 1.55. The topological polar surface area (TPSA) is 121 Å². The van der Waals surface area contributed by atoms with E-state index in [1.54, 1.807) is 48.5 Å². The molecule has 1 atom stereocenters.